The highest BCUT2D eigenvalue weighted by Gasteiger charge is 2.22. The molecule has 2 heterocycles. The molecule has 1 aliphatic heterocycles. The number of likely N-dealkylation sites (N-methyl/N-ethyl adjacent to an activating group) is 1. The van der Waals surface area contributed by atoms with E-state index in [4.69, 9.17) is 10.5 Å². The van der Waals surface area contributed by atoms with Gasteiger partial charge in [-0.3, -0.25) is 14.6 Å². The summed E-state index contributed by atoms with van der Waals surface area (Å²) in [5.74, 6) is -0.302. The molecular weight excluding hydrogens is 256 g/mol. The van der Waals surface area contributed by atoms with E-state index >= 15 is 0 Å². The Morgan fingerprint density at radius 2 is 2.40 bits per heavy atom. The molecule has 112 valence electrons. The van der Waals surface area contributed by atoms with Crippen LogP contribution in [0.15, 0.2) is 18.3 Å². The second-order valence-electron chi connectivity index (χ2n) is 5.50. The fraction of sp³-hybridized carbons (Fsp3) is 0.643. The van der Waals surface area contributed by atoms with Crippen molar-refractivity contribution >= 4 is 5.91 Å². The zero-order chi connectivity index (χ0) is 14.5. The van der Waals surface area contributed by atoms with Crippen molar-refractivity contribution < 1.29 is 9.53 Å². The van der Waals surface area contributed by atoms with Crippen LogP contribution in [0.5, 0.6) is 0 Å². The Balaban J connectivity index is 1.82. The molecule has 20 heavy (non-hydrogen) atoms. The molecular formula is C14H24N4O2. The summed E-state index contributed by atoms with van der Waals surface area (Å²) in [7, 11) is 3.96. The molecule has 2 N–H and O–H groups in total. The maximum Gasteiger partial charge on any atom is 0.231 e. The molecule has 0 bridgehead atoms. The molecule has 0 aromatic carbocycles. The largest absolute Gasteiger partial charge is 0.374 e. The predicted molar refractivity (Wildman–Crippen MR) is 77.1 cm³/mol. The smallest absolute Gasteiger partial charge is 0.231 e. The Hall–Kier alpha value is -1.37. The van der Waals surface area contributed by atoms with Crippen LogP contribution in [-0.2, 0) is 23.1 Å². The van der Waals surface area contributed by atoms with E-state index in [2.05, 4.69) is 34.8 Å². The van der Waals surface area contributed by atoms with E-state index < -0.39 is 0 Å². The number of amides is 1. The number of nitrogens with two attached hydrogens (primary N) is 1. The second-order valence-corrected chi connectivity index (χ2v) is 5.50. The lowest BCUT2D eigenvalue weighted by atomic mass is 10.2. The molecule has 2 rings (SSSR count). The number of nitrogens with zero attached hydrogens (tertiary/aromatic N) is 3. The molecule has 6 nitrogen and oxygen atoms in total. The molecule has 0 unspecified atom stereocenters. The number of primary amides is 1. The van der Waals surface area contributed by atoms with Crippen LogP contribution in [0.25, 0.3) is 0 Å². The van der Waals surface area contributed by atoms with Crippen molar-refractivity contribution in [3.05, 3.63) is 24.0 Å². The third-order valence-electron chi connectivity index (χ3n) is 3.60. The molecule has 1 aliphatic rings. The van der Waals surface area contributed by atoms with Gasteiger partial charge in [0.15, 0.2) is 0 Å². The summed E-state index contributed by atoms with van der Waals surface area (Å²) in [6.07, 6.45) is 2.20. The highest BCUT2D eigenvalue weighted by Crippen LogP contribution is 2.11. The van der Waals surface area contributed by atoms with Crippen LogP contribution >= 0.6 is 0 Å². The maximum absolute atomic E-state index is 10.9. The molecule has 6 heteroatoms. The van der Waals surface area contributed by atoms with Crippen LogP contribution < -0.4 is 5.73 Å². The van der Waals surface area contributed by atoms with Crippen molar-refractivity contribution in [3.8, 4) is 0 Å². The van der Waals surface area contributed by atoms with E-state index in [1.807, 2.05) is 11.9 Å². The highest BCUT2D eigenvalue weighted by molar-refractivity contribution is 5.75. The summed E-state index contributed by atoms with van der Waals surface area (Å²) in [6.45, 7) is 4.50. The van der Waals surface area contributed by atoms with E-state index in [-0.39, 0.29) is 18.6 Å². The lowest BCUT2D eigenvalue weighted by Crippen LogP contribution is -2.47. The van der Waals surface area contributed by atoms with Gasteiger partial charge in [0, 0.05) is 45.1 Å². The zero-order valence-corrected chi connectivity index (χ0v) is 12.3. The lowest BCUT2D eigenvalue weighted by molar-refractivity contribution is -0.119. The predicted octanol–water partition coefficient (Wildman–Crippen LogP) is -0.357. The number of aromatic nitrogens is 1. The van der Waals surface area contributed by atoms with E-state index in [0.717, 1.165) is 32.8 Å². The molecule has 1 fully saturated rings. The first-order valence-electron chi connectivity index (χ1n) is 6.95. The first-order valence-corrected chi connectivity index (χ1v) is 6.95. The summed E-state index contributed by atoms with van der Waals surface area (Å²) in [4.78, 5) is 15.2. The van der Waals surface area contributed by atoms with Gasteiger partial charge in [0.05, 0.1) is 19.3 Å². The molecule has 1 saturated heterocycles. The summed E-state index contributed by atoms with van der Waals surface area (Å²) in [5.41, 5.74) is 6.50. The Bertz CT molecular complexity index is 446. The zero-order valence-electron chi connectivity index (χ0n) is 12.3. The third-order valence-corrected chi connectivity index (χ3v) is 3.60. The minimum Gasteiger partial charge on any atom is -0.374 e. The first kappa shape index (κ1) is 15.0. The van der Waals surface area contributed by atoms with Crippen LogP contribution in [0.1, 0.15) is 5.69 Å². The number of ether oxygens (including phenoxy) is 1. The fourth-order valence-corrected chi connectivity index (χ4v) is 2.60. The van der Waals surface area contributed by atoms with Gasteiger partial charge in [-0.15, -0.1) is 0 Å². The summed E-state index contributed by atoms with van der Waals surface area (Å²) in [6, 6.07) is 4.21. The maximum atomic E-state index is 10.9. The summed E-state index contributed by atoms with van der Waals surface area (Å²) in [5, 5.41) is 0. The van der Waals surface area contributed by atoms with Gasteiger partial charge in [-0.25, -0.2) is 0 Å². The SMILES string of the molecule is CN(CC(N)=O)C[C@@H]1CN(Cc2cccn2C)CCO1. The average molecular weight is 280 g/mol. The standard InChI is InChI=1S/C14H24N4O2/c1-16(11-14(15)19)9-13-10-18(6-7-20-13)8-12-4-3-5-17(12)2/h3-5,13H,6-11H2,1-2H3,(H2,15,19)/t13-/m1/s1. The number of hydrogen-bond donors (Lipinski definition) is 1. The first-order chi connectivity index (χ1) is 9.54. The van der Waals surface area contributed by atoms with E-state index in [1.165, 1.54) is 5.69 Å². The van der Waals surface area contributed by atoms with Gasteiger partial charge < -0.3 is 15.0 Å². The second kappa shape index (κ2) is 6.88. The van der Waals surface area contributed by atoms with Crippen LogP contribution in [0.3, 0.4) is 0 Å². The monoisotopic (exact) mass is 280 g/mol. The van der Waals surface area contributed by atoms with Crippen molar-refractivity contribution in [2.24, 2.45) is 12.8 Å². The quantitative estimate of drug-likeness (QED) is 0.773. The third kappa shape index (κ3) is 4.33. The number of morpholine rings is 1. The van der Waals surface area contributed by atoms with Crippen LogP contribution in [0.4, 0.5) is 0 Å². The topological polar surface area (TPSA) is 63.7 Å². The Labute approximate surface area is 120 Å². The molecule has 0 aliphatic carbocycles. The molecule has 0 saturated carbocycles. The minimum atomic E-state index is -0.302. The Morgan fingerprint density at radius 3 is 3.05 bits per heavy atom. The van der Waals surface area contributed by atoms with Gasteiger partial charge in [0.1, 0.15) is 0 Å². The average Bonchev–Trinajstić information content (AvgIpc) is 2.74. The molecule has 1 aromatic heterocycles. The Kier molecular flexibility index (Phi) is 5.17. The van der Waals surface area contributed by atoms with Crippen LogP contribution in [0, 0.1) is 0 Å². The number of carbonyl (C=O) groups is 1. The number of hydrogen-bond acceptors (Lipinski definition) is 4. The fourth-order valence-electron chi connectivity index (χ4n) is 2.60. The van der Waals surface area contributed by atoms with Crippen molar-refractivity contribution in [2.45, 2.75) is 12.6 Å². The van der Waals surface area contributed by atoms with Crippen molar-refractivity contribution in [1.82, 2.24) is 14.4 Å². The van der Waals surface area contributed by atoms with Gasteiger partial charge >= 0.3 is 0 Å². The van der Waals surface area contributed by atoms with Crippen molar-refractivity contribution in [2.75, 3.05) is 39.8 Å². The van der Waals surface area contributed by atoms with Crippen LogP contribution in [-0.4, -0.2) is 66.2 Å². The lowest BCUT2D eigenvalue weighted by Gasteiger charge is -2.34. The van der Waals surface area contributed by atoms with E-state index in [9.17, 15) is 4.79 Å². The van der Waals surface area contributed by atoms with Crippen LogP contribution in [0.2, 0.25) is 0 Å². The number of aryl methyl sites for hydroxylation is 1. The summed E-state index contributed by atoms with van der Waals surface area (Å²) < 4.78 is 7.91. The molecule has 0 spiro atoms. The minimum absolute atomic E-state index is 0.133. The summed E-state index contributed by atoms with van der Waals surface area (Å²) >= 11 is 0. The van der Waals surface area contributed by atoms with Gasteiger partial charge in [0.25, 0.3) is 0 Å². The number of carbonyl (C=O) groups excluding carboxylic acids is 1. The normalized spacial score (nSPS) is 20.4. The van der Waals surface area contributed by atoms with Gasteiger partial charge in [-0.1, -0.05) is 0 Å². The van der Waals surface area contributed by atoms with E-state index in [1.54, 1.807) is 0 Å². The van der Waals surface area contributed by atoms with Crippen molar-refractivity contribution in [3.63, 3.8) is 0 Å². The number of rotatable bonds is 6. The molecule has 1 amide bonds. The van der Waals surface area contributed by atoms with E-state index in [0.29, 0.717) is 0 Å². The Morgan fingerprint density at radius 1 is 1.60 bits per heavy atom. The molecule has 0 radical (unpaired) electrons. The van der Waals surface area contributed by atoms with Gasteiger partial charge in [-0.05, 0) is 19.2 Å². The molecule has 1 atom stereocenters. The van der Waals surface area contributed by atoms with Crippen molar-refractivity contribution in [1.29, 1.82) is 0 Å². The van der Waals surface area contributed by atoms with Gasteiger partial charge in [-0.2, -0.15) is 0 Å². The molecule has 1 aromatic rings. The highest BCUT2D eigenvalue weighted by atomic mass is 16.5. The van der Waals surface area contributed by atoms with Gasteiger partial charge in [0.2, 0.25) is 5.91 Å².